The van der Waals surface area contributed by atoms with Gasteiger partial charge in [-0.1, -0.05) is 30.3 Å². The third kappa shape index (κ3) is 4.35. The molecule has 5 nitrogen and oxygen atoms in total. The van der Waals surface area contributed by atoms with Gasteiger partial charge in [0.25, 0.3) is 5.91 Å². The van der Waals surface area contributed by atoms with E-state index in [0.29, 0.717) is 11.3 Å². The Morgan fingerprint density at radius 2 is 1.71 bits per heavy atom. The van der Waals surface area contributed by atoms with E-state index < -0.39 is 0 Å². The van der Waals surface area contributed by atoms with Gasteiger partial charge in [0.15, 0.2) is 0 Å². The van der Waals surface area contributed by atoms with E-state index in [1.807, 2.05) is 62.3 Å². The first-order chi connectivity index (χ1) is 11.4. The van der Waals surface area contributed by atoms with Crippen LogP contribution in [0.25, 0.3) is 0 Å². The molecular formula is C19H23N3O2. The van der Waals surface area contributed by atoms with Crippen LogP contribution < -0.4 is 15.5 Å². The summed E-state index contributed by atoms with van der Waals surface area (Å²) in [4.78, 5) is 25.9. The number of nitrogens with one attached hydrogen (secondary N) is 2. The zero-order valence-corrected chi connectivity index (χ0v) is 14.5. The lowest BCUT2D eigenvalue weighted by Crippen LogP contribution is -2.28. The van der Waals surface area contributed by atoms with Crippen LogP contribution in [-0.4, -0.2) is 25.9 Å². The van der Waals surface area contributed by atoms with Crippen molar-refractivity contribution in [1.29, 1.82) is 0 Å². The lowest BCUT2D eigenvalue weighted by Gasteiger charge is -2.20. The van der Waals surface area contributed by atoms with Gasteiger partial charge >= 0.3 is 0 Å². The molecule has 0 radical (unpaired) electrons. The summed E-state index contributed by atoms with van der Waals surface area (Å²) < 4.78 is 0. The van der Waals surface area contributed by atoms with Crippen molar-refractivity contribution in [1.82, 2.24) is 5.32 Å². The third-order valence-electron chi connectivity index (χ3n) is 3.69. The summed E-state index contributed by atoms with van der Waals surface area (Å²) in [5.41, 5.74) is 2.96. The van der Waals surface area contributed by atoms with Crippen LogP contribution in [0.4, 0.5) is 11.4 Å². The van der Waals surface area contributed by atoms with E-state index in [2.05, 4.69) is 10.6 Å². The van der Waals surface area contributed by atoms with Crippen LogP contribution in [0.5, 0.6) is 0 Å². The standard InChI is InChI=1S/C19H23N3O2/c1-13(15-8-6-5-7-9-15)20-19(24)17-12-16(21-14(2)23)10-11-18(17)22(3)4/h5-13H,1-4H3,(H,20,24)(H,21,23). The molecule has 2 aromatic rings. The molecule has 0 fully saturated rings. The Balaban J connectivity index is 2.27. The van der Waals surface area contributed by atoms with Crippen molar-refractivity contribution >= 4 is 23.2 Å². The number of nitrogens with zero attached hydrogens (tertiary/aromatic N) is 1. The first kappa shape index (κ1) is 17.5. The van der Waals surface area contributed by atoms with Crippen LogP contribution in [0.3, 0.4) is 0 Å². The van der Waals surface area contributed by atoms with Gasteiger partial charge in [-0.15, -0.1) is 0 Å². The fraction of sp³-hybridized carbons (Fsp3) is 0.263. The van der Waals surface area contributed by atoms with E-state index in [9.17, 15) is 9.59 Å². The first-order valence-corrected chi connectivity index (χ1v) is 7.83. The van der Waals surface area contributed by atoms with Crippen LogP contribution in [0.15, 0.2) is 48.5 Å². The summed E-state index contributed by atoms with van der Waals surface area (Å²) in [6, 6.07) is 15.0. The number of amides is 2. The van der Waals surface area contributed by atoms with Crippen molar-refractivity contribution in [2.75, 3.05) is 24.3 Å². The van der Waals surface area contributed by atoms with Gasteiger partial charge < -0.3 is 15.5 Å². The fourth-order valence-electron chi connectivity index (χ4n) is 2.49. The molecule has 0 heterocycles. The number of rotatable bonds is 5. The molecule has 1 unspecified atom stereocenters. The molecule has 0 bridgehead atoms. The summed E-state index contributed by atoms with van der Waals surface area (Å²) in [7, 11) is 3.76. The molecule has 0 aromatic heterocycles. The van der Waals surface area contributed by atoms with Crippen LogP contribution in [0.1, 0.15) is 35.8 Å². The Morgan fingerprint density at radius 1 is 1.04 bits per heavy atom. The zero-order valence-electron chi connectivity index (χ0n) is 14.5. The Labute approximate surface area is 142 Å². The number of carbonyl (C=O) groups excluding carboxylic acids is 2. The van der Waals surface area contributed by atoms with Gasteiger partial charge in [0.2, 0.25) is 5.91 Å². The van der Waals surface area contributed by atoms with Gasteiger partial charge in [-0.05, 0) is 30.7 Å². The van der Waals surface area contributed by atoms with Crippen LogP contribution >= 0.6 is 0 Å². The molecule has 2 rings (SSSR count). The Bertz CT molecular complexity index is 727. The van der Waals surface area contributed by atoms with Gasteiger partial charge in [-0.3, -0.25) is 9.59 Å². The molecule has 0 saturated carbocycles. The van der Waals surface area contributed by atoms with E-state index in [4.69, 9.17) is 0 Å². The molecule has 2 aromatic carbocycles. The molecule has 5 heteroatoms. The van der Waals surface area contributed by atoms with E-state index in [0.717, 1.165) is 11.3 Å². The van der Waals surface area contributed by atoms with Crippen molar-refractivity contribution in [3.05, 3.63) is 59.7 Å². The highest BCUT2D eigenvalue weighted by Crippen LogP contribution is 2.24. The Morgan fingerprint density at radius 3 is 2.29 bits per heavy atom. The molecule has 0 aliphatic carbocycles. The minimum Gasteiger partial charge on any atom is -0.377 e. The SMILES string of the molecule is CC(=O)Nc1ccc(N(C)C)c(C(=O)NC(C)c2ccccc2)c1. The Kier molecular flexibility index (Phi) is 5.58. The summed E-state index contributed by atoms with van der Waals surface area (Å²) in [5, 5.41) is 5.72. The second-order valence-electron chi connectivity index (χ2n) is 5.91. The number of carbonyl (C=O) groups is 2. The van der Waals surface area contributed by atoms with Gasteiger partial charge in [0, 0.05) is 32.4 Å². The van der Waals surface area contributed by atoms with Crippen molar-refractivity contribution in [2.45, 2.75) is 19.9 Å². The minimum atomic E-state index is -0.178. The van der Waals surface area contributed by atoms with E-state index >= 15 is 0 Å². The van der Waals surface area contributed by atoms with E-state index in [1.54, 1.807) is 12.1 Å². The van der Waals surface area contributed by atoms with Gasteiger partial charge in [-0.2, -0.15) is 0 Å². The molecule has 0 aliphatic rings. The highest BCUT2D eigenvalue weighted by molar-refractivity contribution is 6.02. The monoisotopic (exact) mass is 325 g/mol. The molecular weight excluding hydrogens is 302 g/mol. The highest BCUT2D eigenvalue weighted by atomic mass is 16.2. The normalized spacial score (nSPS) is 11.5. The van der Waals surface area contributed by atoms with E-state index in [1.165, 1.54) is 6.92 Å². The van der Waals surface area contributed by atoms with Crippen molar-refractivity contribution in [3.8, 4) is 0 Å². The second-order valence-corrected chi connectivity index (χ2v) is 5.91. The molecule has 0 saturated heterocycles. The predicted octanol–water partition coefficient (Wildman–Crippen LogP) is 3.20. The second kappa shape index (κ2) is 7.64. The predicted molar refractivity (Wildman–Crippen MR) is 97.4 cm³/mol. The number of benzene rings is 2. The molecule has 2 amide bonds. The zero-order chi connectivity index (χ0) is 17.7. The largest absolute Gasteiger partial charge is 0.377 e. The van der Waals surface area contributed by atoms with Crippen molar-refractivity contribution < 1.29 is 9.59 Å². The molecule has 0 aliphatic heterocycles. The summed E-state index contributed by atoms with van der Waals surface area (Å²) in [6.07, 6.45) is 0. The maximum atomic E-state index is 12.7. The molecule has 2 N–H and O–H groups in total. The highest BCUT2D eigenvalue weighted by Gasteiger charge is 2.17. The lowest BCUT2D eigenvalue weighted by molar-refractivity contribution is -0.114. The molecule has 1 atom stereocenters. The van der Waals surface area contributed by atoms with Gasteiger partial charge in [-0.25, -0.2) is 0 Å². The summed E-state index contributed by atoms with van der Waals surface area (Å²) in [6.45, 7) is 3.39. The maximum Gasteiger partial charge on any atom is 0.253 e. The maximum absolute atomic E-state index is 12.7. The first-order valence-electron chi connectivity index (χ1n) is 7.83. The van der Waals surface area contributed by atoms with Crippen molar-refractivity contribution in [2.24, 2.45) is 0 Å². The van der Waals surface area contributed by atoms with E-state index in [-0.39, 0.29) is 17.9 Å². The summed E-state index contributed by atoms with van der Waals surface area (Å²) in [5.74, 6) is -0.348. The molecule has 0 spiro atoms. The topological polar surface area (TPSA) is 61.4 Å². The number of anilines is 2. The Hall–Kier alpha value is -2.82. The average Bonchev–Trinajstić information content (AvgIpc) is 2.54. The van der Waals surface area contributed by atoms with Gasteiger partial charge in [0.05, 0.1) is 11.6 Å². The third-order valence-corrected chi connectivity index (χ3v) is 3.69. The average molecular weight is 325 g/mol. The van der Waals surface area contributed by atoms with Crippen molar-refractivity contribution in [3.63, 3.8) is 0 Å². The van der Waals surface area contributed by atoms with Crippen LogP contribution in [0, 0.1) is 0 Å². The smallest absolute Gasteiger partial charge is 0.253 e. The number of hydrogen-bond donors (Lipinski definition) is 2. The summed E-state index contributed by atoms with van der Waals surface area (Å²) >= 11 is 0. The minimum absolute atomic E-state index is 0.113. The quantitative estimate of drug-likeness (QED) is 0.887. The van der Waals surface area contributed by atoms with Crippen LogP contribution in [-0.2, 0) is 4.79 Å². The number of hydrogen-bond acceptors (Lipinski definition) is 3. The molecule has 126 valence electrons. The molecule has 24 heavy (non-hydrogen) atoms. The lowest BCUT2D eigenvalue weighted by atomic mass is 10.1. The van der Waals surface area contributed by atoms with Gasteiger partial charge in [0.1, 0.15) is 0 Å². The van der Waals surface area contributed by atoms with Crippen LogP contribution in [0.2, 0.25) is 0 Å². The fourth-order valence-corrected chi connectivity index (χ4v) is 2.49.